The third kappa shape index (κ3) is 9.80. The number of carboxylic acid groups (broad SMARTS) is 1. The Kier molecular flexibility index (Phi) is 11.7. The van der Waals surface area contributed by atoms with Crippen LogP contribution in [-0.2, 0) is 46.4 Å². The predicted octanol–water partition coefficient (Wildman–Crippen LogP) is -0.415. The number of carbonyl (C=O) groups excluding carboxylic acids is 6. The van der Waals surface area contributed by atoms with E-state index >= 15 is 0 Å². The number of hydrogen-bond donors (Lipinski definition) is 8. The summed E-state index contributed by atoms with van der Waals surface area (Å²) in [5.41, 5.74) is 4.05. The number of carbonyl (C=O) groups is 7. The summed E-state index contributed by atoms with van der Waals surface area (Å²) in [5, 5.41) is 33.5. The third-order valence-corrected chi connectivity index (χ3v) is 7.33. The van der Waals surface area contributed by atoms with Crippen molar-refractivity contribution in [2.24, 2.45) is 4.99 Å². The highest BCUT2D eigenvalue weighted by molar-refractivity contribution is 6.36. The van der Waals surface area contributed by atoms with E-state index in [1.165, 1.54) is 31.2 Å². The summed E-state index contributed by atoms with van der Waals surface area (Å²) in [7, 11) is 0. The Bertz CT molecular complexity index is 1680. The van der Waals surface area contributed by atoms with Gasteiger partial charge in [0.2, 0.25) is 29.5 Å². The Morgan fingerprint density at radius 1 is 0.938 bits per heavy atom. The van der Waals surface area contributed by atoms with Gasteiger partial charge >= 0.3 is 11.9 Å². The molecule has 2 aliphatic rings. The van der Waals surface area contributed by atoms with E-state index in [0.717, 1.165) is 16.8 Å². The van der Waals surface area contributed by atoms with Gasteiger partial charge in [-0.1, -0.05) is 24.3 Å². The number of aryl methyl sites for hydroxylation is 1. The van der Waals surface area contributed by atoms with Gasteiger partial charge < -0.3 is 42.1 Å². The van der Waals surface area contributed by atoms with Crippen LogP contribution < -0.4 is 31.9 Å². The molecule has 16 heteroatoms. The maximum Gasteiger partial charge on any atom is 0.394 e. The van der Waals surface area contributed by atoms with Crippen molar-refractivity contribution >= 4 is 64.3 Å². The lowest BCUT2D eigenvalue weighted by molar-refractivity contribution is -0.147. The van der Waals surface area contributed by atoms with E-state index in [9.17, 15) is 38.7 Å². The van der Waals surface area contributed by atoms with Gasteiger partial charge in [-0.15, -0.1) is 0 Å². The van der Waals surface area contributed by atoms with E-state index in [1.807, 2.05) is 24.3 Å². The molecule has 2 heterocycles. The number of rotatable bonds is 12. The molecule has 0 spiro atoms. The molecule has 0 radical (unpaired) electrons. The zero-order valence-electron chi connectivity index (χ0n) is 25.9. The number of nitrogens with zero attached hydrogens (tertiary/aromatic N) is 1. The highest BCUT2D eigenvalue weighted by atomic mass is 16.4. The molecule has 0 fully saturated rings. The molecule has 252 valence electrons. The van der Waals surface area contributed by atoms with E-state index in [2.05, 4.69) is 36.9 Å². The van der Waals surface area contributed by atoms with E-state index in [-0.39, 0.29) is 31.0 Å². The zero-order valence-corrected chi connectivity index (χ0v) is 25.9. The fourth-order valence-corrected chi connectivity index (χ4v) is 4.95. The number of fused-ring (bicyclic) bond motifs is 1. The minimum Gasteiger partial charge on any atom is -0.474 e. The second-order valence-corrected chi connectivity index (χ2v) is 11.0. The number of nitrogens with one attached hydrogen (secondary N) is 6. The molecular weight excluding hydrogens is 626 g/mol. The lowest BCUT2D eigenvalue weighted by Gasteiger charge is -2.22. The standard InChI is InChI=1S/C32H35N7O9/c1-17(41)34-25(16-40)30(45)38-24(14-18-2-6-21(7-3-18)35-31(46)32(47)48)29(44)33-13-12-28(43)39-26-10-9-22(36-26)19-4-8-23-20(15-19)5-11-27(42)37-23/h2-4,6-9,15,24-25,40H,5,10-14,16H2,1H3,(H,33,44)(H,34,41)(H,35,46)(H,37,42)(H,38,45)(H,47,48)(H,36,39,43)/t24-,25-/m0/s1. The maximum absolute atomic E-state index is 13.2. The number of aliphatic carboxylic acids is 1. The second kappa shape index (κ2) is 16.1. The van der Waals surface area contributed by atoms with Crippen LogP contribution in [0, 0.1) is 0 Å². The van der Waals surface area contributed by atoms with Crippen molar-refractivity contribution in [2.75, 3.05) is 23.8 Å². The lowest BCUT2D eigenvalue weighted by Crippen LogP contribution is -2.55. The van der Waals surface area contributed by atoms with Crippen LogP contribution in [0.1, 0.15) is 42.9 Å². The molecule has 8 N–H and O–H groups in total. The molecule has 0 saturated carbocycles. The molecule has 2 atom stereocenters. The Labute approximate surface area is 274 Å². The summed E-state index contributed by atoms with van der Waals surface area (Å²) in [6.45, 7) is 0.360. The van der Waals surface area contributed by atoms with Crippen molar-refractivity contribution in [3.63, 3.8) is 0 Å². The van der Waals surface area contributed by atoms with Gasteiger partial charge in [-0.25, -0.2) is 9.79 Å². The molecule has 48 heavy (non-hydrogen) atoms. The zero-order chi connectivity index (χ0) is 34.8. The molecule has 16 nitrogen and oxygen atoms in total. The SMILES string of the molecule is CC(=O)N[C@@H](CO)C(=O)N[C@@H](Cc1ccc(NC(=O)C(=O)O)cc1)C(=O)NCCC(=O)NC1=NC(c2ccc3c(c2)CCC(=O)N3)=CC1. The Morgan fingerprint density at radius 2 is 1.69 bits per heavy atom. The fraction of sp³-hybridized carbons (Fsp3) is 0.312. The van der Waals surface area contributed by atoms with Crippen LogP contribution in [0.5, 0.6) is 0 Å². The first-order valence-corrected chi connectivity index (χ1v) is 15.0. The Morgan fingerprint density at radius 3 is 2.38 bits per heavy atom. The monoisotopic (exact) mass is 661 g/mol. The van der Waals surface area contributed by atoms with Gasteiger partial charge in [-0.05, 0) is 41.8 Å². The first-order chi connectivity index (χ1) is 22.9. The summed E-state index contributed by atoms with van der Waals surface area (Å²) in [6, 6.07) is 8.99. The van der Waals surface area contributed by atoms with Crippen molar-refractivity contribution in [1.29, 1.82) is 0 Å². The Balaban J connectivity index is 1.33. The summed E-state index contributed by atoms with van der Waals surface area (Å²) in [4.78, 5) is 88.4. The molecule has 4 rings (SSSR count). The number of anilines is 2. The third-order valence-electron chi connectivity index (χ3n) is 7.33. The molecule has 0 aromatic heterocycles. The van der Waals surface area contributed by atoms with Crippen LogP contribution in [0.25, 0.3) is 5.70 Å². The van der Waals surface area contributed by atoms with Gasteiger partial charge in [0.15, 0.2) is 0 Å². The van der Waals surface area contributed by atoms with Crippen LogP contribution >= 0.6 is 0 Å². The molecular formula is C32H35N7O9. The van der Waals surface area contributed by atoms with Gasteiger partial charge in [0.05, 0.1) is 12.3 Å². The number of aliphatic hydroxyl groups excluding tert-OH is 1. The van der Waals surface area contributed by atoms with E-state index in [4.69, 9.17) is 5.11 Å². The summed E-state index contributed by atoms with van der Waals surface area (Å²) < 4.78 is 0. The molecule has 2 aromatic carbocycles. The van der Waals surface area contributed by atoms with Crippen molar-refractivity contribution in [2.45, 2.75) is 51.1 Å². The van der Waals surface area contributed by atoms with Crippen molar-refractivity contribution in [3.05, 3.63) is 65.2 Å². The number of aliphatic imine (C=N–C) groups is 1. The van der Waals surface area contributed by atoms with Gasteiger partial charge in [-0.3, -0.25) is 28.8 Å². The van der Waals surface area contributed by atoms with Crippen molar-refractivity contribution in [3.8, 4) is 0 Å². The number of aliphatic hydroxyl groups is 1. The van der Waals surface area contributed by atoms with Crippen molar-refractivity contribution in [1.82, 2.24) is 21.3 Å². The second-order valence-electron chi connectivity index (χ2n) is 11.0. The van der Waals surface area contributed by atoms with Gasteiger partial charge in [0.25, 0.3) is 0 Å². The molecule has 0 saturated heterocycles. The number of benzene rings is 2. The number of amidine groups is 1. The van der Waals surface area contributed by atoms with Crippen LogP contribution in [0.4, 0.5) is 11.4 Å². The molecule has 0 unspecified atom stereocenters. The lowest BCUT2D eigenvalue weighted by atomic mass is 9.99. The fourth-order valence-electron chi connectivity index (χ4n) is 4.95. The van der Waals surface area contributed by atoms with E-state index in [1.54, 1.807) is 0 Å². The average molecular weight is 662 g/mol. The van der Waals surface area contributed by atoms with Gasteiger partial charge in [-0.2, -0.15) is 0 Å². The number of hydrogen-bond acceptors (Lipinski definition) is 9. The van der Waals surface area contributed by atoms with Crippen molar-refractivity contribution < 1.29 is 43.8 Å². The molecule has 2 aliphatic heterocycles. The number of amides is 6. The van der Waals surface area contributed by atoms with E-state index in [0.29, 0.717) is 36.4 Å². The first kappa shape index (κ1) is 35.0. The normalized spacial score (nSPS) is 14.6. The average Bonchev–Trinajstić information content (AvgIpc) is 3.51. The maximum atomic E-state index is 13.2. The smallest absolute Gasteiger partial charge is 0.394 e. The quantitative estimate of drug-likeness (QED) is 0.138. The highest BCUT2D eigenvalue weighted by Gasteiger charge is 2.26. The minimum absolute atomic E-state index is 0.0226. The Hall–Kier alpha value is -5.90. The molecule has 0 aliphatic carbocycles. The summed E-state index contributed by atoms with van der Waals surface area (Å²) in [6.07, 6.45) is 3.14. The molecule has 0 bridgehead atoms. The largest absolute Gasteiger partial charge is 0.474 e. The van der Waals surface area contributed by atoms with Crippen LogP contribution in [0.15, 0.2) is 53.5 Å². The van der Waals surface area contributed by atoms with Crippen LogP contribution in [-0.4, -0.2) is 82.7 Å². The first-order valence-electron chi connectivity index (χ1n) is 15.0. The van der Waals surface area contributed by atoms with E-state index < -0.39 is 54.2 Å². The van der Waals surface area contributed by atoms with Gasteiger partial charge in [0, 0.05) is 56.1 Å². The van der Waals surface area contributed by atoms with Gasteiger partial charge in [0.1, 0.15) is 17.9 Å². The molecule has 2 aromatic rings. The minimum atomic E-state index is -1.66. The number of carboxylic acids is 1. The highest BCUT2D eigenvalue weighted by Crippen LogP contribution is 2.29. The summed E-state index contributed by atoms with van der Waals surface area (Å²) >= 11 is 0. The molecule has 6 amide bonds. The summed E-state index contributed by atoms with van der Waals surface area (Å²) in [5.74, 6) is -4.91. The predicted molar refractivity (Wildman–Crippen MR) is 172 cm³/mol. The van der Waals surface area contributed by atoms with Crippen LogP contribution in [0.2, 0.25) is 0 Å². The van der Waals surface area contributed by atoms with Crippen LogP contribution in [0.3, 0.4) is 0 Å². The topological polar surface area (TPSA) is 244 Å².